The van der Waals surface area contributed by atoms with Crippen LogP contribution >= 0.6 is 0 Å². The van der Waals surface area contributed by atoms with Gasteiger partial charge in [0.2, 0.25) is 0 Å². The van der Waals surface area contributed by atoms with Crippen molar-refractivity contribution < 1.29 is 9.53 Å². The highest BCUT2D eigenvalue weighted by Crippen LogP contribution is 2.23. The summed E-state index contributed by atoms with van der Waals surface area (Å²) in [5, 5.41) is 3.06. The summed E-state index contributed by atoms with van der Waals surface area (Å²) in [6.07, 6.45) is 4.69. The van der Waals surface area contributed by atoms with Crippen molar-refractivity contribution in [3.63, 3.8) is 0 Å². The van der Waals surface area contributed by atoms with Gasteiger partial charge in [-0.3, -0.25) is 4.79 Å². The Morgan fingerprint density at radius 2 is 2.11 bits per heavy atom. The average molecular weight is 247 g/mol. The number of para-hydroxylation sites is 1. The van der Waals surface area contributed by atoms with Crippen LogP contribution in [0.15, 0.2) is 30.3 Å². The first-order chi connectivity index (χ1) is 8.74. The molecule has 1 aromatic rings. The van der Waals surface area contributed by atoms with Gasteiger partial charge in [-0.1, -0.05) is 38.0 Å². The molecule has 1 aliphatic carbocycles. The zero-order valence-corrected chi connectivity index (χ0v) is 10.9. The van der Waals surface area contributed by atoms with Gasteiger partial charge < -0.3 is 10.1 Å². The Labute approximate surface area is 109 Å². The van der Waals surface area contributed by atoms with E-state index in [9.17, 15) is 4.79 Å². The molecule has 1 fully saturated rings. The van der Waals surface area contributed by atoms with E-state index in [-0.39, 0.29) is 12.5 Å². The minimum atomic E-state index is -0.0158. The maximum Gasteiger partial charge on any atom is 0.258 e. The van der Waals surface area contributed by atoms with Gasteiger partial charge in [-0.25, -0.2) is 0 Å². The van der Waals surface area contributed by atoms with E-state index < -0.39 is 0 Å². The van der Waals surface area contributed by atoms with Crippen LogP contribution in [0.1, 0.15) is 32.6 Å². The van der Waals surface area contributed by atoms with Gasteiger partial charge in [0, 0.05) is 6.04 Å². The third kappa shape index (κ3) is 4.06. The number of hydrogen-bond donors (Lipinski definition) is 1. The van der Waals surface area contributed by atoms with Crippen LogP contribution in [0.5, 0.6) is 5.75 Å². The summed E-state index contributed by atoms with van der Waals surface area (Å²) >= 11 is 0. The lowest BCUT2D eigenvalue weighted by Crippen LogP contribution is -2.40. The zero-order valence-electron chi connectivity index (χ0n) is 10.9. The van der Waals surface area contributed by atoms with E-state index in [1.165, 1.54) is 12.8 Å². The van der Waals surface area contributed by atoms with Gasteiger partial charge in [-0.2, -0.15) is 0 Å². The van der Waals surface area contributed by atoms with E-state index in [2.05, 4.69) is 12.2 Å². The molecule has 1 saturated carbocycles. The van der Waals surface area contributed by atoms with Crippen LogP contribution in [0.25, 0.3) is 0 Å². The Bertz CT molecular complexity index is 377. The van der Waals surface area contributed by atoms with Crippen molar-refractivity contribution in [3.8, 4) is 5.75 Å². The van der Waals surface area contributed by atoms with Crippen LogP contribution in [-0.4, -0.2) is 18.6 Å². The van der Waals surface area contributed by atoms with Gasteiger partial charge in [-0.05, 0) is 30.9 Å². The van der Waals surface area contributed by atoms with Crippen LogP contribution in [0, 0.1) is 5.92 Å². The second-order valence-corrected chi connectivity index (χ2v) is 5.14. The summed E-state index contributed by atoms with van der Waals surface area (Å²) in [6, 6.07) is 9.77. The predicted octanol–water partition coefficient (Wildman–Crippen LogP) is 2.76. The van der Waals surface area contributed by atoms with E-state index in [1.54, 1.807) is 0 Å². The number of hydrogen-bond acceptors (Lipinski definition) is 2. The molecular weight excluding hydrogens is 226 g/mol. The normalized spacial score (nSPS) is 23.4. The third-order valence-corrected chi connectivity index (χ3v) is 3.41. The summed E-state index contributed by atoms with van der Waals surface area (Å²) in [4.78, 5) is 11.8. The van der Waals surface area contributed by atoms with Gasteiger partial charge in [0.15, 0.2) is 6.61 Å². The Morgan fingerprint density at radius 3 is 2.83 bits per heavy atom. The first-order valence-corrected chi connectivity index (χ1v) is 6.71. The van der Waals surface area contributed by atoms with Crippen molar-refractivity contribution in [2.24, 2.45) is 5.92 Å². The topological polar surface area (TPSA) is 38.3 Å². The molecule has 1 aliphatic rings. The van der Waals surface area contributed by atoms with Crippen LogP contribution in [0.3, 0.4) is 0 Å². The minimum Gasteiger partial charge on any atom is -0.484 e. The largest absolute Gasteiger partial charge is 0.484 e. The number of ether oxygens (including phenoxy) is 1. The first kappa shape index (κ1) is 12.9. The Hall–Kier alpha value is -1.51. The van der Waals surface area contributed by atoms with E-state index in [0.29, 0.717) is 6.04 Å². The molecule has 98 valence electrons. The standard InChI is InChI=1S/C15H21NO2/c1-12-6-5-7-13(10-12)16-15(17)11-18-14-8-3-2-4-9-14/h2-4,8-9,12-13H,5-7,10-11H2,1H3,(H,16,17)/t12-,13-/m1/s1. The molecule has 2 atom stereocenters. The van der Waals surface area contributed by atoms with Crippen LogP contribution in [-0.2, 0) is 4.79 Å². The molecule has 0 aromatic heterocycles. The van der Waals surface area contributed by atoms with Crippen molar-refractivity contribution in [2.75, 3.05) is 6.61 Å². The second-order valence-electron chi connectivity index (χ2n) is 5.14. The van der Waals surface area contributed by atoms with Gasteiger partial charge in [-0.15, -0.1) is 0 Å². The predicted molar refractivity (Wildman–Crippen MR) is 71.5 cm³/mol. The van der Waals surface area contributed by atoms with E-state index in [4.69, 9.17) is 4.74 Å². The third-order valence-electron chi connectivity index (χ3n) is 3.41. The van der Waals surface area contributed by atoms with Gasteiger partial charge in [0.25, 0.3) is 5.91 Å². The maximum absolute atomic E-state index is 11.8. The molecule has 1 N–H and O–H groups in total. The molecule has 3 heteroatoms. The molecule has 18 heavy (non-hydrogen) atoms. The highest BCUT2D eigenvalue weighted by molar-refractivity contribution is 5.77. The van der Waals surface area contributed by atoms with Gasteiger partial charge >= 0.3 is 0 Å². The smallest absolute Gasteiger partial charge is 0.258 e. The number of rotatable bonds is 4. The lowest BCUT2D eigenvalue weighted by atomic mass is 9.87. The van der Waals surface area contributed by atoms with Crippen molar-refractivity contribution in [1.29, 1.82) is 0 Å². The molecule has 0 spiro atoms. The molecule has 0 aliphatic heterocycles. The highest BCUT2D eigenvalue weighted by Gasteiger charge is 2.20. The summed E-state index contributed by atoms with van der Waals surface area (Å²) in [5.74, 6) is 1.45. The molecule has 0 bridgehead atoms. The molecule has 3 nitrogen and oxygen atoms in total. The fourth-order valence-electron chi connectivity index (χ4n) is 2.50. The molecule has 1 amide bonds. The quantitative estimate of drug-likeness (QED) is 0.888. The molecule has 0 heterocycles. The summed E-state index contributed by atoms with van der Waals surface area (Å²) in [7, 11) is 0. The fourth-order valence-corrected chi connectivity index (χ4v) is 2.50. The maximum atomic E-state index is 11.8. The van der Waals surface area contributed by atoms with E-state index in [1.807, 2.05) is 30.3 Å². The fraction of sp³-hybridized carbons (Fsp3) is 0.533. The van der Waals surface area contributed by atoms with Crippen molar-refractivity contribution >= 4 is 5.91 Å². The van der Waals surface area contributed by atoms with Crippen molar-refractivity contribution in [3.05, 3.63) is 30.3 Å². The number of amides is 1. The van der Waals surface area contributed by atoms with Crippen molar-refractivity contribution in [2.45, 2.75) is 38.6 Å². The van der Waals surface area contributed by atoms with Gasteiger partial charge in [0.05, 0.1) is 0 Å². The Morgan fingerprint density at radius 1 is 1.33 bits per heavy atom. The van der Waals surface area contributed by atoms with E-state index in [0.717, 1.165) is 24.5 Å². The summed E-state index contributed by atoms with van der Waals surface area (Å²) in [5.41, 5.74) is 0. The number of nitrogens with one attached hydrogen (secondary N) is 1. The van der Waals surface area contributed by atoms with Crippen LogP contribution in [0.4, 0.5) is 0 Å². The summed E-state index contributed by atoms with van der Waals surface area (Å²) < 4.78 is 5.42. The van der Waals surface area contributed by atoms with Crippen molar-refractivity contribution in [1.82, 2.24) is 5.32 Å². The summed E-state index contributed by atoms with van der Waals surface area (Å²) in [6.45, 7) is 2.35. The Kier molecular flexibility index (Phi) is 4.62. The molecular formula is C15H21NO2. The van der Waals surface area contributed by atoms with E-state index >= 15 is 0 Å². The lowest BCUT2D eigenvalue weighted by Gasteiger charge is -2.27. The molecule has 0 unspecified atom stereocenters. The molecule has 2 rings (SSSR count). The number of carbonyl (C=O) groups is 1. The lowest BCUT2D eigenvalue weighted by molar-refractivity contribution is -0.124. The Balaban J connectivity index is 1.72. The zero-order chi connectivity index (χ0) is 12.8. The number of benzene rings is 1. The first-order valence-electron chi connectivity index (χ1n) is 6.71. The van der Waals surface area contributed by atoms with Crippen LogP contribution < -0.4 is 10.1 Å². The molecule has 0 radical (unpaired) electrons. The van der Waals surface area contributed by atoms with Gasteiger partial charge in [0.1, 0.15) is 5.75 Å². The highest BCUT2D eigenvalue weighted by atomic mass is 16.5. The number of carbonyl (C=O) groups excluding carboxylic acids is 1. The SMILES string of the molecule is C[C@@H]1CCC[C@@H](NC(=O)COc2ccccc2)C1. The monoisotopic (exact) mass is 247 g/mol. The minimum absolute atomic E-state index is 0.0158. The average Bonchev–Trinajstić information content (AvgIpc) is 2.38. The van der Waals surface area contributed by atoms with Crippen LogP contribution in [0.2, 0.25) is 0 Å². The molecule has 1 aromatic carbocycles. The molecule has 0 saturated heterocycles. The second kappa shape index (κ2) is 6.43.